The monoisotopic (exact) mass is 351 g/mol. The van der Waals surface area contributed by atoms with Gasteiger partial charge in [0.25, 0.3) is 0 Å². The number of aromatic nitrogens is 4. The van der Waals surface area contributed by atoms with Crippen LogP contribution in [0.5, 0.6) is 5.75 Å². The lowest BCUT2D eigenvalue weighted by molar-refractivity contribution is 0.281. The Morgan fingerprint density at radius 2 is 2.19 bits per heavy atom. The Morgan fingerprint density at radius 1 is 1.38 bits per heavy atom. The van der Waals surface area contributed by atoms with Crippen molar-refractivity contribution < 1.29 is 9.13 Å². The number of nitrogens with two attached hydrogens (primary N) is 1. The van der Waals surface area contributed by atoms with Crippen LogP contribution >= 0.6 is 15.9 Å². The van der Waals surface area contributed by atoms with Crippen LogP contribution < -0.4 is 10.5 Å². The molecule has 0 bridgehead atoms. The van der Waals surface area contributed by atoms with E-state index in [1.165, 1.54) is 12.1 Å². The molecule has 108 valence electrons. The molecule has 2 aromatic heterocycles. The molecule has 0 spiro atoms. The zero-order valence-electron chi connectivity index (χ0n) is 11.0. The SMILES string of the molecule is Cn1ncc2c(N)nc(COc3ccc(Br)cc3F)nc21. The maximum absolute atomic E-state index is 13.7. The van der Waals surface area contributed by atoms with Crippen LogP contribution in [0.1, 0.15) is 5.82 Å². The summed E-state index contributed by atoms with van der Waals surface area (Å²) in [5, 5.41) is 4.74. The van der Waals surface area contributed by atoms with E-state index in [4.69, 9.17) is 10.5 Å². The molecule has 2 heterocycles. The first kappa shape index (κ1) is 13.7. The summed E-state index contributed by atoms with van der Waals surface area (Å²) in [5.74, 6) is 0.360. The molecule has 0 atom stereocenters. The van der Waals surface area contributed by atoms with E-state index in [1.54, 1.807) is 24.0 Å². The highest BCUT2D eigenvalue weighted by atomic mass is 79.9. The lowest BCUT2D eigenvalue weighted by Crippen LogP contribution is -2.06. The van der Waals surface area contributed by atoms with E-state index in [9.17, 15) is 4.39 Å². The van der Waals surface area contributed by atoms with Crippen molar-refractivity contribution in [1.82, 2.24) is 19.7 Å². The fraction of sp³-hybridized carbons (Fsp3) is 0.154. The first-order valence-electron chi connectivity index (χ1n) is 6.06. The van der Waals surface area contributed by atoms with Crippen LogP contribution in [-0.2, 0) is 13.7 Å². The van der Waals surface area contributed by atoms with Gasteiger partial charge in [0, 0.05) is 11.5 Å². The molecule has 0 unspecified atom stereocenters. The molecule has 0 aliphatic rings. The molecule has 0 radical (unpaired) electrons. The number of hydrogen-bond acceptors (Lipinski definition) is 5. The summed E-state index contributed by atoms with van der Waals surface area (Å²) < 4.78 is 21.3. The number of fused-ring (bicyclic) bond motifs is 1. The average molecular weight is 352 g/mol. The van der Waals surface area contributed by atoms with E-state index in [0.717, 1.165) is 0 Å². The van der Waals surface area contributed by atoms with Gasteiger partial charge >= 0.3 is 0 Å². The zero-order valence-corrected chi connectivity index (χ0v) is 12.6. The number of anilines is 1. The minimum Gasteiger partial charge on any atom is -0.483 e. The molecular weight excluding hydrogens is 341 g/mol. The van der Waals surface area contributed by atoms with Crippen LogP contribution in [0.4, 0.5) is 10.2 Å². The van der Waals surface area contributed by atoms with E-state index in [1.807, 2.05) is 0 Å². The number of hydrogen-bond donors (Lipinski definition) is 1. The summed E-state index contributed by atoms with van der Waals surface area (Å²) in [6, 6.07) is 4.55. The summed E-state index contributed by atoms with van der Waals surface area (Å²) in [6.45, 7) is 0.0177. The van der Waals surface area contributed by atoms with Crippen molar-refractivity contribution in [3.05, 3.63) is 40.5 Å². The second-order valence-electron chi connectivity index (χ2n) is 4.39. The van der Waals surface area contributed by atoms with Gasteiger partial charge in [-0.05, 0) is 18.2 Å². The van der Waals surface area contributed by atoms with Crippen LogP contribution in [0.25, 0.3) is 11.0 Å². The lowest BCUT2D eigenvalue weighted by Gasteiger charge is -2.07. The minimum atomic E-state index is -0.459. The van der Waals surface area contributed by atoms with E-state index in [2.05, 4.69) is 31.0 Å². The largest absolute Gasteiger partial charge is 0.483 e. The fourth-order valence-electron chi connectivity index (χ4n) is 1.89. The molecule has 0 fully saturated rings. The normalized spacial score (nSPS) is 11.0. The van der Waals surface area contributed by atoms with E-state index in [0.29, 0.717) is 27.1 Å². The molecule has 3 aromatic rings. The highest BCUT2D eigenvalue weighted by Crippen LogP contribution is 2.22. The smallest absolute Gasteiger partial charge is 0.170 e. The Labute approximate surface area is 127 Å². The van der Waals surface area contributed by atoms with Crippen molar-refractivity contribution >= 4 is 32.8 Å². The number of aryl methyl sites for hydroxylation is 1. The maximum atomic E-state index is 13.7. The van der Waals surface area contributed by atoms with Crippen molar-refractivity contribution in [2.24, 2.45) is 7.05 Å². The Kier molecular flexibility index (Phi) is 3.46. The Bertz CT molecular complexity index is 820. The molecule has 3 rings (SSSR count). The van der Waals surface area contributed by atoms with Gasteiger partial charge in [-0.25, -0.2) is 14.4 Å². The third-order valence-corrected chi connectivity index (χ3v) is 3.41. The average Bonchev–Trinajstić information content (AvgIpc) is 2.80. The predicted molar refractivity (Wildman–Crippen MR) is 79.1 cm³/mol. The van der Waals surface area contributed by atoms with Gasteiger partial charge < -0.3 is 10.5 Å². The van der Waals surface area contributed by atoms with Gasteiger partial charge in [-0.1, -0.05) is 15.9 Å². The third kappa shape index (κ3) is 2.66. The lowest BCUT2D eigenvalue weighted by atomic mass is 10.3. The zero-order chi connectivity index (χ0) is 15.0. The Hall–Kier alpha value is -2.22. The first-order valence-corrected chi connectivity index (χ1v) is 6.86. The molecule has 8 heteroatoms. The molecule has 6 nitrogen and oxygen atoms in total. The van der Waals surface area contributed by atoms with Crippen LogP contribution in [0, 0.1) is 5.82 Å². The minimum absolute atomic E-state index is 0.0177. The number of rotatable bonds is 3. The molecular formula is C13H11BrFN5O. The van der Waals surface area contributed by atoms with Crippen molar-refractivity contribution in [2.45, 2.75) is 6.61 Å². The third-order valence-electron chi connectivity index (χ3n) is 2.92. The van der Waals surface area contributed by atoms with E-state index < -0.39 is 5.82 Å². The second-order valence-corrected chi connectivity index (χ2v) is 5.31. The molecule has 0 saturated carbocycles. The van der Waals surface area contributed by atoms with Gasteiger partial charge in [0.15, 0.2) is 23.0 Å². The fourth-order valence-corrected chi connectivity index (χ4v) is 2.22. The highest BCUT2D eigenvalue weighted by Gasteiger charge is 2.11. The number of nitrogen functional groups attached to an aromatic ring is 1. The van der Waals surface area contributed by atoms with Crippen molar-refractivity contribution in [2.75, 3.05) is 5.73 Å². The summed E-state index contributed by atoms with van der Waals surface area (Å²) >= 11 is 3.19. The molecule has 0 aliphatic heterocycles. The molecule has 1 aromatic carbocycles. The van der Waals surface area contributed by atoms with Crippen molar-refractivity contribution in [1.29, 1.82) is 0 Å². The predicted octanol–water partition coefficient (Wildman–Crippen LogP) is 2.43. The van der Waals surface area contributed by atoms with Crippen LogP contribution in [0.3, 0.4) is 0 Å². The molecule has 0 aliphatic carbocycles. The molecule has 21 heavy (non-hydrogen) atoms. The van der Waals surface area contributed by atoms with E-state index in [-0.39, 0.29) is 12.4 Å². The van der Waals surface area contributed by atoms with Gasteiger partial charge in [-0.2, -0.15) is 5.10 Å². The number of benzene rings is 1. The summed E-state index contributed by atoms with van der Waals surface area (Å²) in [5.41, 5.74) is 6.46. The number of ether oxygens (including phenoxy) is 1. The second kappa shape index (κ2) is 5.28. The van der Waals surface area contributed by atoms with Gasteiger partial charge in [-0.15, -0.1) is 0 Å². The van der Waals surface area contributed by atoms with Crippen LogP contribution in [0.2, 0.25) is 0 Å². The number of halogens is 2. The summed E-state index contributed by atoms with van der Waals surface area (Å²) in [4.78, 5) is 8.44. The molecule has 0 saturated heterocycles. The van der Waals surface area contributed by atoms with Gasteiger partial charge in [-0.3, -0.25) is 4.68 Å². The molecule has 2 N–H and O–H groups in total. The standard InChI is InChI=1S/C13H11BrFN5O/c1-20-13-8(5-17-20)12(16)18-11(19-13)6-21-10-3-2-7(14)4-9(10)15/h2-5H,6H2,1H3,(H2,16,18,19). The summed E-state index contributed by atoms with van der Waals surface area (Å²) in [7, 11) is 1.76. The quantitative estimate of drug-likeness (QED) is 0.783. The first-order chi connectivity index (χ1) is 10.0. The van der Waals surface area contributed by atoms with Crippen LogP contribution in [0.15, 0.2) is 28.9 Å². The van der Waals surface area contributed by atoms with Gasteiger partial charge in [0.05, 0.1) is 11.6 Å². The summed E-state index contributed by atoms with van der Waals surface area (Å²) in [6.07, 6.45) is 1.60. The van der Waals surface area contributed by atoms with Crippen molar-refractivity contribution in [3.8, 4) is 5.75 Å². The number of nitrogens with zero attached hydrogens (tertiary/aromatic N) is 4. The maximum Gasteiger partial charge on any atom is 0.170 e. The highest BCUT2D eigenvalue weighted by molar-refractivity contribution is 9.10. The van der Waals surface area contributed by atoms with Crippen LogP contribution in [-0.4, -0.2) is 19.7 Å². The Morgan fingerprint density at radius 3 is 2.95 bits per heavy atom. The Balaban J connectivity index is 1.86. The van der Waals surface area contributed by atoms with E-state index >= 15 is 0 Å². The van der Waals surface area contributed by atoms with Gasteiger partial charge in [0.2, 0.25) is 0 Å². The van der Waals surface area contributed by atoms with Gasteiger partial charge in [0.1, 0.15) is 12.4 Å². The molecule has 0 amide bonds. The topological polar surface area (TPSA) is 78.9 Å². The van der Waals surface area contributed by atoms with Crippen molar-refractivity contribution in [3.63, 3.8) is 0 Å².